The Balaban J connectivity index is 2.52. The van der Waals surface area contributed by atoms with Crippen LogP contribution in [-0.2, 0) is 14.3 Å². The first kappa shape index (κ1) is 17.5. The largest absolute Gasteiger partial charge is 0.452 e. The smallest absolute Gasteiger partial charge is 0.338 e. The second-order valence-electron chi connectivity index (χ2n) is 4.54. The predicted octanol–water partition coefficient (Wildman–Crippen LogP) is 0.291. The fourth-order valence-corrected chi connectivity index (χ4v) is 1.85. The molecule has 1 aromatic rings. The lowest BCUT2D eigenvalue weighted by Crippen LogP contribution is -2.35. The van der Waals surface area contributed by atoms with Crippen LogP contribution in [0.3, 0.4) is 0 Å². The number of nitrogens with zero attached hydrogens (tertiary/aromatic N) is 1. The molecule has 7 nitrogen and oxygen atoms in total. The number of anilines is 1. The molecule has 0 unspecified atom stereocenters. The molecule has 0 bridgehead atoms. The molecular formula is C15H21N3O4. The van der Waals surface area contributed by atoms with Gasteiger partial charge >= 0.3 is 5.97 Å². The third-order valence-corrected chi connectivity index (χ3v) is 3.03. The highest BCUT2D eigenvalue weighted by Crippen LogP contribution is 2.15. The van der Waals surface area contributed by atoms with Crippen LogP contribution in [0.15, 0.2) is 24.3 Å². The maximum atomic E-state index is 11.8. The normalized spacial score (nSPS) is 9.91. The number of benzene rings is 1. The number of nitrogens with two attached hydrogens (primary N) is 1. The number of rotatable bonds is 8. The van der Waals surface area contributed by atoms with Gasteiger partial charge in [0.1, 0.15) is 0 Å². The highest BCUT2D eigenvalue weighted by Gasteiger charge is 2.11. The molecule has 0 radical (unpaired) electrons. The number of hydrogen-bond acceptors (Lipinski definition) is 5. The fraction of sp³-hybridized carbons (Fsp3) is 0.400. The van der Waals surface area contributed by atoms with Gasteiger partial charge in [0, 0.05) is 18.8 Å². The summed E-state index contributed by atoms with van der Waals surface area (Å²) in [5, 5.41) is 2.23. The van der Waals surface area contributed by atoms with Crippen LogP contribution in [0.1, 0.15) is 24.2 Å². The van der Waals surface area contributed by atoms with E-state index in [-0.39, 0.29) is 6.54 Å². The van der Waals surface area contributed by atoms with Crippen molar-refractivity contribution in [2.75, 3.05) is 31.1 Å². The summed E-state index contributed by atoms with van der Waals surface area (Å²) in [5.74, 6) is -1.83. The summed E-state index contributed by atoms with van der Waals surface area (Å²) in [6, 6.07) is 6.96. The van der Waals surface area contributed by atoms with Gasteiger partial charge < -0.3 is 20.7 Å². The van der Waals surface area contributed by atoms with E-state index in [0.29, 0.717) is 5.56 Å². The topological polar surface area (TPSA) is 102 Å². The average Bonchev–Trinajstić information content (AvgIpc) is 2.52. The van der Waals surface area contributed by atoms with Crippen molar-refractivity contribution in [3.63, 3.8) is 0 Å². The van der Waals surface area contributed by atoms with Gasteiger partial charge in [0.25, 0.3) is 5.91 Å². The van der Waals surface area contributed by atoms with Crippen molar-refractivity contribution in [3.8, 4) is 0 Å². The van der Waals surface area contributed by atoms with Crippen LogP contribution in [0.4, 0.5) is 5.69 Å². The van der Waals surface area contributed by atoms with E-state index in [2.05, 4.69) is 24.1 Å². The number of nitrogens with one attached hydrogen (secondary N) is 1. The molecule has 0 atom stereocenters. The first-order valence-electron chi connectivity index (χ1n) is 7.05. The molecule has 0 aliphatic carbocycles. The SMILES string of the molecule is CCN(CC)c1ccc(C(=O)OCC(=O)NCC(N)=O)cc1. The summed E-state index contributed by atoms with van der Waals surface area (Å²) < 4.78 is 4.86. The van der Waals surface area contributed by atoms with Crippen LogP contribution in [-0.4, -0.2) is 44.0 Å². The second kappa shape index (κ2) is 8.66. The molecule has 0 spiro atoms. The lowest BCUT2D eigenvalue weighted by atomic mass is 10.2. The van der Waals surface area contributed by atoms with Gasteiger partial charge in [0.05, 0.1) is 12.1 Å². The molecule has 0 saturated carbocycles. The number of primary amides is 1. The van der Waals surface area contributed by atoms with Crippen LogP contribution in [0.25, 0.3) is 0 Å². The van der Waals surface area contributed by atoms with Gasteiger partial charge in [0.2, 0.25) is 5.91 Å². The Labute approximate surface area is 129 Å². The third kappa shape index (κ3) is 5.43. The fourth-order valence-electron chi connectivity index (χ4n) is 1.85. The summed E-state index contributed by atoms with van der Waals surface area (Å²) >= 11 is 0. The third-order valence-electron chi connectivity index (χ3n) is 3.03. The molecule has 120 valence electrons. The van der Waals surface area contributed by atoms with Gasteiger partial charge in [-0.05, 0) is 38.1 Å². The maximum absolute atomic E-state index is 11.8. The Kier molecular flexibility index (Phi) is 6.88. The van der Waals surface area contributed by atoms with E-state index in [4.69, 9.17) is 10.5 Å². The van der Waals surface area contributed by atoms with Crippen LogP contribution in [0.5, 0.6) is 0 Å². The summed E-state index contributed by atoms with van der Waals surface area (Å²) in [4.78, 5) is 35.7. The summed E-state index contributed by atoms with van der Waals surface area (Å²) in [7, 11) is 0. The number of hydrogen-bond donors (Lipinski definition) is 2. The molecule has 0 aliphatic heterocycles. The van der Waals surface area contributed by atoms with Crippen molar-refractivity contribution in [2.24, 2.45) is 5.73 Å². The van der Waals surface area contributed by atoms with Crippen molar-refractivity contribution in [1.82, 2.24) is 5.32 Å². The standard InChI is InChI=1S/C15H21N3O4/c1-3-18(4-2)12-7-5-11(6-8-12)15(21)22-10-14(20)17-9-13(16)19/h5-8H,3-4,9-10H2,1-2H3,(H2,16,19)(H,17,20). The van der Waals surface area contributed by atoms with Gasteiger partial charge in [-0.1, -0.05) is 0 Å². The molecule has 1 aromatic carbocycles. The molecule has 0 aromatic heterocycles. The quantitative estimate of drug-likeness (QED) is 0.672. The highest BCUT2D eigenvalue weighted by atomic mass is 16.5. The maximum Gasteiger partial charge on any atom is 0.338 e. The zero-order valence-corrected chi connectivity index (χ0v) is 12.8. The van der Waals surface area contributed by atoms with Crippen molar-refractivity contribution in [1.29, 1.82) is 0 Å². The molecule has 2 amide bonds. The molecule has 22 heavy (non-hydrogen) atoms. The lowest BCUT2D eigenvalue weighted by Gasteiger charge is -2.20. The summed E-state index contributed by atoms with van der Waals surface area (Å²) in [5.41, 5.74) is 6.26. The van der Waals surface area contributed by atoms with E-state index < -0.39 is 24.4 Å². The van der Waals surface area contributed by atoms with E-state index in [1.807, 2.05) is 12.1 Å². The van der Waals surface area contributed by atoms with E-state index >= 15 is 0 Å². The van der Waals surface area contributed by atoms with Crippen molar-refractivity contribution < 1.29 is 19.1 Å². The van der Waals surface area contributed by atoms with E-state index in [9.17, 15) is 14.4 Å². The number of carbonyl (C=O) groups is 3. The summed E-state index contributed by atoms with van der Waals surface area (Å²) in [6.45, 7) is 5.12. The van der Waals surface area contributed by atoms with Crippen LogP contribution >= 0.6 is 0 Å². The number of amides is 2. The molecule has 0 saturated heterocycles. The first-order chi connectivity index (χ1) is 10.5. The predicted molar refractivity (Wildman–Crippen MR) is 82.5 cm³/mol. The molecule has 0 heterocycles. The Bertz CT molecular complexity index is 524. The van der Waals surface area contributed by atoms with Crippen molar-refractivity contribution in [3.05, 3.63) is 29.8 Å². The van der Waals surface area contributed by atoms with E-state index in [1.165, 1.54) is 0 Å². The number of esters is 1. The molecule has 7 heteroatoms. The van der Waals surface area contributed by atoms with Gasteiger partial charge in [-0.25, -0.2) is 4.79 Å². The van der Waals surface area contributed by atoms with Gasteiger partial charge in [-0.3, -0.25) is 9.59 Å². The molecular weight excluding hydrogens is 286 g/mol. The zero-order valence-electron chi connectivity index (χ0n) is 12.8. The Morgan fingerprint density at radius 2 is 1.73 bits per heavy atom. The minimum absolute atomic E-state index is 0.283. The lowest BCUT2D eigenvalue weighted by molar-refractivity contribution is -0.127. The van der Waals surface area contributed by atoms with Crippen molar-refractivity contribution in [2.45, 2.75) is 13.8 Å². The minimum Gasteiger partial charge on any atom is -0.452 e. The molecule has 1 rings (SSSR count). The monoisotopic (exact) mass is 307 g/mol. The van der Waals surface area contributed by atoms with Crippen LogP contribution < -0.4 is 16.0 Å². The second-order valence-corrected chi connectivity index (χ2v) is 4.54. The molecule has 0 fully saturated rings. The van der Waals surface area contributed by atoms with E-state index in [1.54, 1.807) is 12.1 Å². The number of carbonyl (C=O) groups excluding carboxylic acids is 3. The van der Waals surface area contributed by atoms with Gasteiger partial charge in [-0.2, -0.15) is 0 Å². The zero-order chi connectivity index (χ0) is 16.5. The van der Waals surface area contributed by atoms with Gasteiger partial charge in [0.15, 0.2) is 6.61 Å². The Hall–Kier alpha value is -2.57. The molecule has 3 N–H and O–H groups in total. The average molecular weight is 307 g/mol. The van der Waals surface area contributed by atoms with Gasteiger partial charge in [-0.15, -0.1) is 0 Å². The van der Waals surface area contributed by atoms with E-state index in [0.717, 1.165) is 18.8 Å². The number of ether oxygens (including phenoxy) is 1. The highest BCUT2D eigenvalue weighted by molar-refractivity contribution is 5.92. The minimum atomic E-state index is -0.660. The van der Waals surface area contributed by atoms with Crippen LogP contribution in [0.2, 0.25) is 0 Å². The summed E-state index contributed by atoms with van der Waals surface area (Å²) in [6.07, 6.45) is 0. The first-order valence-corrected chi connectivity index (χ1v) is 7.05. The van der Waals surface area contributed by atoms with Crippen molar-refractivity contribution >= 4 is 23.5 Å². The molecule has 0 aliphatic rings. The Morgan fingerprint density at radius 1 is 1.14 bits per heavy atom. The van der Waals surface area contributed by atoms with Crippen LogP contribution in [0, 0.1) is 0 Å². The Morgan fingerprint density at radius 3 is 2.23 bits per heavy atom.